The number of nitrogens with zero attached hydrogens (tertiary/aromatic N) is 1. The van der Waals surface area contributed by atoms with E-state index in [1.54, 1.807) is 6.92 Å². The molecule has 1 aromatic rings. The van der Waals surface area contributed by atoms with Gasteiger partial charge in [-0.05, 0) is 31.7 Å². The van der Waals surface area contributed by atoms with E-state index in [0.29, 0.717) is 12.8 Å². The molecule has 4 nitrogen and oxygen atoms in total. The summed E-state index contributed by atoms with van der Waals surface area (Å²) in [4.78, 5) is 14.0. The first kappa shape index (κ1) is 16.0. The van der Waals surface area contributed by atoms with E-state index in [2.05, 4.69) is 29.2 Å². The maximum atomic E-state index is 11.6. The Labute approximate surface area is 126 Å². The Morgan fingerprint density at radius 2 is 1.95 bits per heavy atom. The van der Waals surface area contributed by atoms with Crippen LogP contribution in [0, 0.1) is 5.92 Å². The van der Waals surface area contributed by atoms with Gasteiger partial charge in [-0.25, -0.2) is 0 Å². The van der Waals surface area contributed by atoms with Crippen molar-refractivity contribution in [2.45, 2.75) is 31.8 Å². The molecule has 0 spiro atoms. The van der Waals surface area contributed by atoms with Gasteiger partial charge in [0.25, 0.3) is 0 Å². The number of hydrogen-bond donors (Lipinski definition) is 1. The van der Waals surface area contributed by atoms with Gasteiger partial charge < -0.3 is 14.7 Å². The number of carbonyl (C=O) groups is 1. The lowest BCUT2D eigenvalue weighted by atomic mass is 9.80. The molecule has 1 N–H and O–H groups in total. The molecule has 1 aliphatic heterocycles. The fraction of sp³-hybridized carbons (Fsp3) is 0.588. The Morgan fingerprint density at radius 3 is 2.52 bits per heavy atom. The van der Waals surface area contributed by atoms with Gasteiger partial charge in [0.2, 0.25) is 0 Å². The maximum Gasteiger partial charge on any atom is 0.311 e. The summed E-state index contributed by atoms with van der Waals surface area (Å²) in [7, 11) is 1.37. The highest BCUT2D eigenvalue weighted by atomic mass is 16.5. The van der Waals surface area contributed by atoms with Gasteiger partial charge in [0.1, 0.15) is 0 Å². The lowest BCUT2D eigenvalue weighted by Crippen LogP contribution is -2.50. The second-order valence-corrected chi connectivity index (χ2v) is 5.93. The summed E-state index contributed by atoms with van der Waals surface area (Å²) in [5.74, 6) is -0.783. The van der Waals surface area contributed by atoms with Gasteiger partial charge in [0, 0.05) is 19.6 Å². The molecular weight excluding hydrogens is 266 g/mol. The van der Waals surface area contributed by atoms with Gasteiger partial charge in [-0.2, -0.15) is 0 Å². The zero-order chi connectivity index (χ0) is 15.3. The second-order valence-electron chi connectivity index (χ2n) is 5.93. The Kier molecular flexibility index (Phi) is 5.37. The Hall–Kier alpha value is -1.39. The number of hydrogen-bond acceptors (Lipinski definition) is 4. The van der Waals surface area contributed by atoms with Crippen LogP contribution in [-0.4, -0.2) is 48.3 Å². The van der Waals surface area contributed by atoms with E-state index in [1.807, 2.05) is 6.07 Å². The molecule has 21 heavy (non-hydrogen) atoms. The first-order valence-corrected chi connectivity index (χ1v) is 7.61. The number of rotatable bonds is 5. The van der Waals surface area contributed by atoms with Gasteiger partial charge in [0.05, 0.1) is 18.6 Å². The average molecular weight is 291 g/mol. The number of methoxy groups -OCH3 is 1. The summed E-state index contributed by atoms with van der Waals surface area (Å²) in [6.45, 7) is 4.40. The summed E-state index contributed by atoms with van der Waals surface area (Å²) in [6.07, 6.45) is 2.27. The lowest BCUT2D eigenvalue weighted by molar-refractivity contribution is -0.158. The fourth-order valence-electron chi connectivity index (χ4n) is 2.92. The summed E-state index contributed by atoms with van der Waals surface area (Å²) < 4.78 is 4.75. The molecule has 1 heterocycles. The normalized spacial score (nSPS) is 20.0. The Balaban J connectivity index is 1.81. The number of ether oxygens (including phenoxy) is 1. The Morgan fingerprint density at radius 1 is 1.33 bits per heavy atom. The quantitative estimate of drug-likeness (QED) is 0.841. The van der Waals surface area contributed by atoms with E-state index in [-0.39, 0.29) is 5.97 Å². The van der Waals surface area contributed by atoms with Crippen LogP contribution in [0.3, 0.4) is 0 Å². The zero-order valence-electron chi connectivity index (χ0n) is 12.9. The molecule has 1 saturated heterocycles. The van der Waals surface area contributed by atoms with Gasteiger partial charge >= 0.3 is 5.97 Å². The molecule has 0 bridgehead atoms. The second kappa shape index (κ2) is 7.05. The molecule has 1 unspecified atom stereocenters. The third-order valence-electron chi connectivity index (χ3n) is 4.64. The zero-order valence-corrected chi connectivity index (χ0v) is 12.9. The van der Waals surface area contributed by atoms with Crippen molar-refractivity contribution in [2.24, 2.45) is 5.92 Å². The van der Waals surface area contributed by atoms with Crippen LogP contribution >= 0.6 is 0 Å². The number of aliphatic hydroxyl groups is 1. The molecule has 0 aromatic heterocycles. The van der Waals surface area contributed by atoms with Crippen molar-refractivity contribution in [3.05, 3.63) is 35.9 Å². The minimum Gasteiger partial charge on any atom is -0.469 e. The van der Waals surface area contributed by atoms with Crippen molar-refractivity contribution in [3.63, 3.8) is 0 Å². The third-order valence-corrected chi connectivity index (χ3v) is 4.64. The molecule has 1 atom stereocenters. The predicted octanol–water partition coefficient (Wildman–Crippen LogP) is 1.87. The van der Waals surface area contributed by atoms with Crippen molar-refractivity contribution >= 4 is 5.97 Å². The van der Waals surface area contributed by atoms with E-state index in [9.17, 15) is 9.90 Å². The molecule has 1 aliphatic rings. The number of carbonyl (C=O) groups excluding carboxylic acids is 1. The highest BCUT2D eigenvalue weighted by molar-refractivity contribution is 5.73. The van der Waals surface area contributed by atoms with E-state index in [4.69, 9.17) is 4.74 Å². The summed E-state index contributed by atoms with van der Waals surface area (Å²) >= 11 is 0. The SMILES string of the molecule is COC(=O)C(C)C1(O)CCN(CCc2ccccc2)CC1. The van der Waals surface area contributed by atoms with Crippen LogP contribution in [0.25, 0.3) is 0 Å². The van der Waals surface area contributed by atoms with Crippen LogP contribution in [0.2, 0.25) is 0 Å². The van der Waals surface area contributed by atoms with E-state index in [1.165, 1.54) is 12.7 Å². The Bertz CT molecular complexity index is 452. The standard InChI is InChI=1S/C17H25NO3/c1-14(16(19)21-2)17(20)9-12-18(13-10-17)11-8-15-6-4-3-5-7-15/h3-7,14,20H,8-13H2,1-2H3. The smallest absolute Gasteiger partial charge is 0.311 e. The predicted molar refractivity (Wildman–Crippen MR) is 81.9 cm³/mol. The molecule has 0 aliphatic carbocycles. The number of esters is 1. The third kappa shape index (κ3) is 4.05. The van der Waals surface area contributed by atoms with E-state index in [0.717, 1.165) is 26.1 Å². The lowest BCUT2D eigenvalue weighted by Gasteiger charge is -2.40. The van der Waals surface area contributed by atoms with Crippen molar-refractivity contribution in [1.29, 1.82) is 0 Å². The van der Waals surface area contributed by atoms with Gasteiger partial charge in [-0.1, -0.05) is 30.3 Å². The molecule has 0 radical (unpaired) electrons. The first-order chi connectivity index (χ1) is 10.0. The topological polar surface area (TPSA) is 49.8 Å². The minimum absolute atomic E-state index is 0.324. The number of piperidine rings is 1. The van der Waals surface area contributed by atoms with Crippen molar-refractivity contribution in [1.82, 2.24) is 4.90 Å². The van der Waals surface area contributed by atoms with Crippen LogP contribution in [0.4, 0.5) is 0 Å². The maximum absolute atomic E-state index is 11.6. The van der Waals surface area contributed by atoms with E-state index >= 15 is 0 Å². The molecule has 0 amide bonds. The van der Waals surface area contributed by atoms with Crippen molar-refractivity contribution in [3.8, 4) is 0 Å². The van der Waals surface area contributed by atoms with Crippen LogP contribution in [0.5, 0.6) is 0 Å². The molecule has 0 saturated carbocycles. The highest BCUT2D eigenvalue weighted by Crippen LogP contribution is 2.30. The summed E-state index contributed by atoms with van der Waals surface area (Å²) in [6, 6.07) is 10.4. The van der Waals surface area contributed by atoms with Crippen LogP contribution in [-0.2, 0) is 16.0 Å². The van der Waals surface area contributed by atoms with Gasteiger partial charge in [-0.15, -0.1) is 0 Å². The minimum atomic E-state index is -0.920. The van der Waals surface area contributed by atoms with E-state index < -0.39 is 11.5 Å². The van der Waals surface area contributed by atoms with Crippen LogP contribution in [0.1, 0.15) is 25.3 Å². The molecule has 1 fully saturated rings. The highest BCUT2D eigenvalue weighted by Gasteiger charge is 2.41. The molecule has 1 aromatic carbocycles. The molecule has 116 valence electrons. The van der Waals surface area contributed by atoms with Gasteiger partial charge in [-0.3, -0.25) is 4.79 Å². The van der Waals surface area contributed by atoms with Gasteiger partial charge in [0.15, 0.2) is 0 Å². The average Bonchev–Trinajstić information content (AvgIpc) is 2.54. The number of benzene rings is 1. The van der Waals surface area contributed by atoms with Crippen molar-refractivity contribution < 1.29 is 14.6 Å². The van der Waals surface area contributed by atoms with Crippen LogP contribution < -0.4 is 0 Å². The van der Waals surface area contributed by atoms with Crippen molar-refractivity contribution in [2.75, 3.05) is 26.7 Å². The molecular formula is C17H25NO3. The van der Waals surface area contributed by atoms with Crippen LogP contribution in [0.15, 0.2) is 30.3 Å². The summed E-state index contributed by atoms with van der Waals surface area (Å²) in [5.41, 5.74) is 0.414. The largest absolute Gasteiger partial charge is 0.469 e. The summed E-state index contributed by atoms with van der Waals surface area (Å²) in [5, 5.41) is 10.6. The molecule has 4 heteroatoms. The molecule has 2 rings (SSSR count). The first-order valence-electron chi connectivity index (χ1n) is 7.61. The fourth-order valence-corrected chi connectivity index (χ4v) is 2.92. The monoisotopic (exact) mass is 291 g/mol. The number of likely N-dealkylation sites (tertiary alicyclic amines) is 1.